The Morgan fingerprint density at radius 2 is 1.63 bits per heavy atom. The first-order chi connectivity index (χ1) is 16.9. The molecule has 0 unspecified atom stereocenters. The lowest BCUT2D eigenvalue weighted by Gasteiger charge is -2.26. The van der Waals surface area contributed by atoms with Crippen molar-refractivity contribution in [3.63, 3.8) is 0 Å². The van der Waals surface area contributed by atoms with Crippen molar-refractivity contribution in [1.82, 2.24) is 5.32 Å². The Morgan fingerprint density at radius 3 is 2.40 bits per heavy atom. The molecule has 2 N–H and O–H groups in total. The fraction of sp³-hybridized carbons (Fsp3) is 0.310. The number of para-hydroxylation sites is 2. The van der Waals surface area contributed by atoms with Crippen LogP contribution in [0.1, 0.15) is 42.6 Å². The molecule has 35 heavy (non-hydrogen) atoms. The van der Waals surface area contributed by atoms with Crippen LogP contribution < -0.4 is 20.3 Å². The Labute approximate surface area is 207 Å². The number of nitrogens with zero attached hydrogens (tertiary/aromatic N) is 1. The van der Waals surface area contributed by atoms with E-state index in [1.165, 1.54) is 5.56 Å². The minimum Gasteiger partial charge on any atom is -0.492 e. The number of amides is 2. The van der Waals surface area contributed by atoms with Crippen LogP contribution in [0.5, 0.6) is 5.75 Å². The number of hydrogen-bond donors (Lipinski definition) is 2. The molecule has 0 aromatic heterocycles. The lowest BCUT2D eigenvalue weighted by molar-refractivity contribution is -0.115. The summed E-state index contributed by atoms with van der Waals surface area (Å²) >= 11 is 0. The van der Waals surface area contributed by atoms with Crippen LogP contribution in [0.3, 0.4) is 0 Å². The van der Waals surface area contributed by atoms with Crippen LogP contribution in [0.25, 0.3) is 0 Å². The van der Waals surface area contributed by atoms with Gasteiger partial charge in [-0.15, -0.1) is 0 Å². The summed E-state index contributed by atoms with van der Waals surface area (Å²) in [5.74, 6) is 0.627. The molecule has 4 rings (SSSR count). The van der Waals surface area contributed by atoms with E-state index in [0.717, 1.165) is 30.7 Å². The predicted molar refractivity (Wildman–Crippen MR) is 140 cm³/mol. The third-order valence-corrected chi connectivity index (χ3v) is 6.09. The number of fused-ring (bicyclic) bond motifs is 1. The summed E-state index contributed by atoms with van der Waals surface area (Å²) in [6.45, 7) is 5.27. The molecular formula is C29H33N3O3. The molecule has 0 bridgehead atoms. The van der Waals surface area contributed by atoms with Gasteiger partial charge in [0, 0.05) is 29.0 Å². The van der Waals surface area contributed by atoms with Crippen molar-refractivity contribution in [2.45, 2.75) is 38.6 Å². The molecule has 182 valence electrons. The lowest BCUT2D eigenvalue weighted by atomic mass is 10.1. The molecule has 2 amide bonds. The number of benzene rings is 3. The van der Waals surface area contributed by atoms with Crippen LogP contribution >= 0.6 is 0 Å². The van der Waals surface area contributed by atoms with Gasteiger partial charge < -0.3 is 20.3 Å². The predicted octanol–water partition coefficient (Wildman–Crippen LogP) is 5.06. The Balaban J connectivity index is 1.30. The van der Waals surface area contributed by atoms with Gasteiger partial charge >= 0.3 is 0 Å². The van der Waals surface area contributed by atoms with Crippen LogP contribution in [-0.4, -0.2) is 37.0 Å². The molecule has 1 heterocycles. The van der Waals surface area contributed by atoms with E-state index in [0.29, 0.717) is 24.4 Å². The maximum Gasteiger partial charge on any atom is 0.258 e. The molecule has 6 heteroatoms. The fourth-order valence-electron chi connectivity index (χ4n) is 4.11. The molecule has 0 radical (unpaired) electrons. The van der Waals surface area contributed by atoms with Crippen LogP contribution in [-0.2, 0) is 11.2 Å². The quantitative estimate of drug-likeness (QED) is 0.482. The first-order valence-electron chi connectivity index (χ1n) is 12.1. The smallest absolute Gasteiger partial charge is 0.258 e. The average Bonchev–Trinajstić information content (AvgIpc) is 3.10. The molecule has 3 aromatic carbocycles. The zero-order valence-electron chi connectivity index (χ0n) is 20.4. The van der Waals surface area contributed by atoms with Crippen molar-refractivity contribution < 1.29 is 14.3 Å². The number of hydrogen-bond acceptors (Lipinski definition) is 4. The third kappa shape index (κ3) is 6.70. The van der Waals surface area contributed by atoms with Crippen LogP contribution in [0.15, 0.2) is 78.9 Å². The highest BCUT2D eigenvalue weighted by Crippen LogP contribution is 2.27. The Kier molecular flexibility index (Phi) is 7.83. The molecular weight excluding hydrogens is 438 g/mol. The fourth-order valence-corrected chi connectivity index (χ4v) is 4.11. The van der Waals surface area contributed by atoms with Crippen molar-refractivity contribution in [3.05, 3.63) is 90.0 Å². The minimum atomic E-state index is -0.382. The van der Waals surface area contributed by atoms with Crippen LogP contribution in [0.2, 0.25) is 0 Å². The van der Waals surface area contributed by atoms with Gasteiger partial charge in [0.1, 0.15) is 12.4 Å². The Morgan fingerprint density at radius 1 is 0.914 bits per heavy atom. The zero-order valence-corrected chi connectivity index (χ0v) is 20.4. The Bertz CT molecular complexity index is 1140. The number of carbonyl (C=O) groups is 2. The number of anilines is 2. The number of ether oxygens (including phenoxy) is 1. The summed E-state index contributed by atoms with van der Waals surface area (Å²) in [5, 5.41) is 6.13. The molecule has 0 saturated heterocycles. The van der Waals surface area contributed by atoms with Gasteiger partial charge in [0.2, 0.25) is 5.91 Å². The first kappa shape index (κ1) is 24.5. The number of rotatable bonds is 8. The first-order valence-corrected chi connectivity index (χ1v) is 12.1. The molecule has 0 spiro atoms. The van der Waals surface area contributed by atoms with E-state index < -0.39 is 0 Å². The van der Waals surface area contributed by atoms with Gasteiger partial charge in [-0.1, -0.05) is 36.4 Å². The van der Waals surface area contributed by atoms with Gasteiger partial charge in [0.25, 0.3) is 5.91 Å². The van der Waals surface area contributed by atoms with Crippen molar-refractivity contribution >= 4 is 23.2 Å². The lowest BCUT2D eigenvalue weighted by Crippen LogP contribution is -2.47. The second-order valence-electron chi connectivity index (χ2n) is 9.51. The highest BCUT2D eigenvalue weighted by atomic mass is 16.5. The van der Waals surface area contributed by atoms with Gasteiger partial charge in [0.05, 0.1) is 6.54 Å². The summed E-state index contributed by atoms with van der Waals surface area (Å²) in [5.41, 5.74) is 3.09. The molecule has 3 aromatic rings. The van der Waals surface area contributed by atoms with E-state index in [1.54, 1.807) is 24.3 Å². The molecule has 0 saturated carbocycles. The largest absolute Gasteiger partial charge is 0.492 e. The molecule has 0 atom stereocenters. The maximum atomic E-state index is 13.2. The van der Waals surface area contributed by atoms with E-state index in [-0.39, 0.29) is 23.9 Å². The second-order valence-corrected chi connectivity index (χ2v) is 9.51. The van der Waals surface area contributed by atoms with Gasteiger partial charge in [-0.05, 0) is 81.1 Å². The summed E-state index contributed by atoms with van der Waals surface area (Å²) in [6, 6.07) is 24.8. The number of aryl methyl sites for hydroxylation is 1. The van der Waals surface area contributed by atoms with Gasteiger partial charge in [-0.3, -0.25) is 9.59 Å². The van der Waals surface area contributed by atoms with Gasteiger partial charge in [-0.25, -0.2) is 0 Å². The van der Waals surface area contributed by atoms with Gasteiger partial charge in [-0.2, -0.15) is 0 Å². The molecule has 6 nitrogen and oxygen atoms in total. The van der Waals surface area contributed by atoms with Gasteiger partial charge in [0.15, 0.2) is 0 Å². The SMILES string of the molecule is CC(C)(COc1ccccc1)NCC(=O)Nc1ccc(C(=O)N2CCCCc3ccccc32)cc1. The normalized spacial score (nSPS) is 13.5. The summed E-state index contributed by atoms with van der Waals surface area (Å²) in [4.78, 5) is 27.6. The summed E-state index contributed by atoms with van der Waals surface area (Å²) in [7, 11) is 0. The second kappa shape index (κ2) is 11.2. The van der Waals surface area contributed by atoms with Crippen LogP contribution in [0.4, 0.5) is 11.4 Å². The van der Waals surface area contributed by atoms with E-state index in [9.17, 15) is 9.59 Å². The highest BCUT2D eigenvalue weighted by molar-refractivity contribution is 6.07. The summed E-state index contributed by atoms with van der Waals surface area (Å²) in [6.07, 6.45) is 3.05. The highest BCUT2D eigenvalue weighted by Gasteiger charge is 2.22. The standard InChI is InChI=1S/C29H33N3O3/c1-29(2,21-35-25-12-4-3-5-13-25)30-20-27(33)31-24-17-15-23(16-18-24)28(34)32-19-9-8-11-22-10-6-7-14-26(22)32/h3-7,10,12-18,30H,8-9,11,19-21H2,1-2H3,(H,31,33). The maximum absolute atomic E-state index is 13.2. The van der Waals surface area contributed by atoms with E-state index in [1.807, 2.05) is 67.3 Å². The zero-order chi connectivity index (χ0) is 24.7. The monoisotopic (exact) mass is 471 g/mol. The Hall–Kier alpha value is -3.64. The molecule has 1 aliphatic heterocycles. The van der Waals surface area contributed by atoms with Crippen molar-refractivity contribution in [2.24, 2.45) is 0 Å². The van der Waals surface area contributed by atoms with E-state index >= 15 is 0 Å². The third-order valence-electron chi connectivity index (χ3n) is 6.09. The molecule has 1 aliphatic rings. The topological polar surface area (TPSA) is 70.7 Å². The number of carbonyl (C=O) groups excluding carboxylic acids is 2. The minimum absolute atomic E-state index is 0.0148. The van der Waals surface area contributed by atoms with Crippen molar-refractivity contribution in [2.75, 3.05) is 29.9 Å². The van der Waals surface area contributed by atoms with E-state index in [4.69, 9.17) is 4.74 Å². The van der Waals surface area contributed by atoms with Crippen LogP contribution in [0, 0.1) is 0 Å². The number of nitrogens with one attached hydrogen (secondary N) is 2. The average molecular weight is 472 g/mol. The molecule has 0 aliphatic carbocycles. The van der Waals surface area contributed by atoms with E-state index in [2.05, 4.69) is 16.7 Å². The van der Waals surface area contributed by atoms with Crippen molar-refractivity contribution in [1.29, 1.82) is 0 Å². The van der Waals surface area contributed by atoms with Crippen molar-refractivity contribution in [3.8, 4) is 5.75 Å². The molecule has 0 fully saturated rings. The summed E-state index contributed by atoms with van der Waals surface area (Å²) < 4.78 is 5.81.